The molecule has 8 nitrogen and oxygen atoms in total. The van der Waals surface area contributed by atoms with Gasteiger partial charge in [0.2, 0.25) is 5.91 Å². The predicted molar refractivity (Wildman–Crippen MR) is 136 cm³/mol. The molecule has 1 amide bonds. The SMILES string of the molecule is CCNC(=NCC(O)c1cc(OC)cc(OC)c1)NC1CCN(C(=O)C2CCCC2)C1.I. The lowest BCUT2D eigenvalue weighted by Gasteiger charge is -2.21. The number of carbonyl (C=O) groups excluding carboxylic acids is 1. The van der Waals surface area contributed by atoms with E-state index in [0.717, 1.165) is 25.8 Å². The second-order valence-corrected chi connectivity index (χ2v) is 8.28. The number of guanidine groups is 1. The zero-order chi connectivity index (χ0) is 22.2. The number of nitrogens with one attached hydrogen (secondary N) is 2. The highest BCUT2D eigenvalue weighted by Gasteiger charge is 2.32. The number of hydrogen-bond acceptors (Lipinski definition) is 5. The summed E-state index contributed by atoms with van der Waals surface area (Å²) < 4.78 is 10.6. The molecule has 0 aromatic heterocycles. The molecule has 3 rings (SSSR count). The molecule has 1 heterocycles. The smallest absolute Gasteiger partial charge is 0.225 e. The van der Waals surface area contributed by atoms with E-state index in [1.54, 1.807) is 32.4 Å². The van der Waals surface area contributed by atoms with Crippen LogP contribution in [-0.2, 0) is 4.79 Å². The van der Waals surface area contributed by atoms with Gasteiger partial charge in [-0.05, 0) is 43.9 Å². The Kier molecular flexibility index (Phi) is 10.8. The van der Waals surface area contributed by atoms with E-state index < -0.39 is 6.10 Å². The first-order chi connectivity index (χ1) is 15.0. The number of rotatable bonds is 8. The molecule has 2 aliphatic rings. The summed E-state index contributed by atoms with van der Waals surface area (Å²) in [5.41, 5.74) is 0.685. The topological polar surface area (TPSA) is 95.4 Å². The van der Waals surface area contributed by atoms with Gasteiger partial charge < -0.3 is 30.1 Å². The number of carbonyl (C=O) groups is 1. The Morgan fingerprint density at radius 3 is 2.44 bits per heavy atom. The number of likely N-dealkylation sites (tertiary alicyclic amines) is 1. The minimum absolute atomic E-state index is 0. The molecule has 180 valence electrons. The number of nitrogens with zero attached hydrogens (tertiary/aromatic N) is 2. The third-order valence-corrected chi connectivity index (χ3v) is 6.07. The number of ether oxygens (including phenoxy) is 2. The summed E-state index contributed by atoms with van der Waals surface area (Å²) in [6.07, 6.45) is 4.52. The first-order valence-corrected chi connectivity index (χ1v) is 11.3. The fourth-order valence-corrected chi connectivity index (χ4v) is 4.33. The predicted octanol–water partition coefficient (Wildman–Crippen LogP) is 2.70. The molecule has 9 heteroatoms. The summed E-state index contributed by atoms with van der Waals surface area (Å²) in [5, 5.41) is 17.3. The Bertz CT molecular complexity index is 748. The Balaban J connectivity index is 0.00000363. The van der Waals surface area contributed by atoms with Crippen LogP contribution < -0.4 is 20.1 Å². The zero-order valence-electron chi connectivity index (χ0n) is 19.3. The number of amides is 1. The molecular weight excluding hydrogens is 523 g/mol. The Morgan fingerprint density at radius 1 is 1.19 bits per heavy atom. The van der Waals surface area contributed by atoms with Crippen molar-refractivity contribution >= 4 is 35.8 Å². The van der Waals surface area contributed by atoms with Crippen LogP contribution in [-0.4, -0.2) is 68.3 Å². The second-order valence-electron chi connectivity index (χ2n) is 8.28. The van der Waals surface area contributed by atoms with E-state index in [-0.39, 0.29) is 42.5 Å². The molecular formula is C23H37IN4O4. The lowest BCUT2D eigenvalue weighted by molar-refractivity contribution is -0.134. The van der Waals surface area contributed by atoms with E-state index >= 15 is 0 Å². The standard InChI is InChI=1S/C23H36N4O4.HI/c1-4-24-23(25-14-21(28)17-11-19(30-2)13-20(12-17)31-3)26-18-9-10-27(15-18)22(29)16-7-5-6-8-16;/h11-13,16,18,21,28H,4-10,14-15H2,1-3H3,(H2,24,25,26);1H. The summed E-state index contributed by atoms with van der Waals surface area (Å²) in [7, 11) is 3.16. The minimum Gasteiger partial charge on any atom is -0.497 e. The van der Waals surface area contributed by atoms with Crippen LogP contribution >= 0.6 is 24.0 Å². The Hall–Kier alpha value is -1.75. The third kappa shape index (κ3) is 7.13. The number of aliphatic imine (C=N–C) groups is 1. The van der Waals surface area contributed by atoms with Crippen LogP contribution in [0.5, 0.6) is 11.5 Å². The molecule has 1 aromatic carbocycles. The first-order valence-electron chi connectivity index (χ1n) is 11.3. The number of hydrogen-bond donors (Lipinski definition) is 3. The van der Waals surface area contributed by atoms with Crippen molar-refractivity contribution in [3.63, 3.8) is 0 Å². The van der Waals surface area contributed by atoms with Crippen LogP contribution in [0.25, 0.3) is 0 Å². The Labute approximate surface area is 208 Å². The summed E-state index contributed by atoms with van der Waals surface area (Å²) in [6, 6.07) is 5.50. The van der Waals surface area contributed by atoms with Crippen molar-refractivity contribution in [1.29, 1.82) is 0 Å². The van der Waals surface area contributed by atoms with Crippen molar-refractivity contribution in [2.45, 2.75) is 51.2 Å². The summed E-state index contributed by atoms with van der Waals surface area (Å²) >= 11 is 0. The molecule has 3 N–H and O–H groups in total. The van der Waals surface area contributed by atoms with Gasteiger partial charge in [-0.1, -0.05) is 12.8 Å². The molecule has 32 heavy (non-hydrogen) atoms. The van der Waals surface area contributed by atoms with Crippen molar-refractivity contribution in [3.8, 4) is 11.5 Å². The maximum atomic E-state index is 12.7. The van der Waals surface area contributed by atoms with Gasteiger partial charge in [-0.25, -0.2) is 0 Å². The minimum atomic E-state index is -0.788. The van der Waals surface area contributed by atoms with Crippen molar-refractivity contribution in [2.24, 2.45) is 10.9 Å². The molecule has 1 aromatic rings. The monoisotopic (exact) mass is 560 g/mol. The number of halogens is 1. The van der Waals surface area contributed by atoms with Gasteiger partial charge in [0.1, 0.15) is 11.5 Å². The van der Waals surface area contributed by atoms with Crippen LogP contribution in [0, 0.1) is 5.92 Å². The molecule has 0 radical (unpaired) electrons. The molecule has 0 spiro atoms. The number of benzene rings is 1. The normalized spacial score (nSPS) is 19.9. The summed E-state index contributed by atoms with van der Waals surface area (Å²) in [5.74, 6) is 2.43. The van der Waals surface area contributed by atoms with Crippen molar-refractivity contribution in [3.05, 3.63) is 23.8 Å². The van der Waals surface area contributed by atoms with Gasteiger partial charge in [0.05, 0.1) is 26.9 Å². The molecule has 0 bridgehead atoms. The Morgan fingerprint density at radius 2 is 1.84 bits per heavy atom. The average molecular weight is 560 g/mol. The van der Waals surface area contributed by atoms with Gasteiger partial charge in [0, 0.05) is 37.7 Å². The van der Waals surface area contributed by atoms with Crippen LogP contribution in [0.2, 0.25) is 0 Å². The molecule has 1 aliphatic carbocycles. The van der Waals surface area contributed by atoms with Crippen molar-refractivity contribution in [2.75, 3.05) is 40.4 Å². The van der Waals surface area contributed by atoms with E-state index in [9.17, 15) is 9.90 Å². The van der Waals surface area contributed by atoms with Gasteiger partial charge in [-0.2, -0.15) is 0 Å². The lowest BCUT2D eigenvalue weighted by Crippen LogP contribution is -2.45. The zero-order valence-corrected chi connectivity index (χ0v) is 21.6. The summed E-state index contributed by atoms with van der Waals surface area (Å²) in [6.45, 7) is 4.41. The average Bonchev–Trinajstić information content (AvgIpc) is 3.49. The second kappa shape index (κ2) is 13.1. The van der Waals surface area contributed by atoms with E-state index in [2.05, 4.69) is 15.6 Å². The van der Waals surface area contributed by atoms with Crippen LogP contribution in [0.3, 0.4) is 0 Å². The molecule has 1 aliphatic heterocycles. The van der Waals surface area contributed by atoms with Gasteiger partial charge in [-0.15, -0.1) is 24.0 Å². The first kappa shape index (κ1) is 26.5. The van der Waals surface area contributed by atoms with Gasteiger partial charge in [0.15, 0.2) is 5.96 Å². The number of aliphatic hydroxyl groups excluding tert-OH is 1. The molecule has 2 fully saturated rings. The fraction of sp³-hybridized carbons (Fsp3) is 0.652. The largest absolute Gasteiger partial charge is 0.497 e. The highest BCUT2D eigenvalue weighted by atomic mass is 127. The molecule has 1 saturated heterocycles. The van der Waals surface area contributed by atoms with Crippen LogP contribution in [0.1, 0.15) is 50.7 Å². The van der Waals surface area contributed by atoms with Crippen LogP contribution in [0.4, 0.5) is 0 Å². The van der Waals surface area contributed by atoms with Crippen LogP contribution in [0.15, 0.2) is 23.2 Å². The van der Waals surface area contributed by atoms with Crippen molar-refractivity contribution < 1.29 is 19.4 Å². The number of methoxy groups -OCH3 is 2. The van der Waals surface area contributed by atoms with E-state index in [0.29, 0.717) is 42.0 Å². The fourth-order valence-electron chi connectivity index (χ4n) is 4.33. The van der Waals surface area contributed by atoms with Gasteiger partial charge >= 0.3 is 0 Å². The van der Waals surface area contributed by atoms with Gasteiger partial charge in [0.25, 0.3) is 0 Å². The van der Waals surface area contributed by atoms with E-state index in [1.165, 1.54) is 12.8 Å². The highest BCUT2D eigenvalue weighted by Crippen LogP contribution is 2.28. The third-order valence-electron chi connectivity index (χ3n) is 6.07. The van der Waals surface area contributed by atoms with Gasteiger partial charge in [-0.3, -0.25) is 9.79 Å². The summed E-state index contributed by atoms with van der Waals surface area (Å²) in [4.78, 5) is 19.2. The molecule has 1 saturated carbocycles. The highest BCUT2D eigenvalue weighted by molar-refractivity contribution is 14.0. The molecule has 2 unspecified atom stereocenters. The van der Waals surface area contributed by atoms with E-state index in [1.807, 2.05) is 11.8 Å². The lowest BCUT2D eigenvalue weighted by atomic mass is 10.1. The maximum absolute atomic E-state index is 12.7. The maximum Gasteiger partial charge on any atom is 0.225 e. The van der Waals surface area contributed by atoms with E-state index in [4.69, 9.17) is 9.47 Å². The van der Waals surface area contributed by atoms with Crippen molar-refractivity contribution in [1.82, 2.24) is 15.5 Å². The quantitative estimate of drug-likeness (QED) is 0.257. The number of aliphatic hydroxyl groups is 1. The molecule has 2 atom stereocenters.